The van der Waals surface area contributed by atoms with Gasteiger partial charge in [0.2, 0.25) is 5.88 Å². The van der Waals surface area contributed by atoms with Gasteiger partial charge in [-0.25, -0.2) is 9.18 Å². The molecule has 0 amide bonds. The smallest absolute Gasteiger partial charge is 0.343 e. The van der Waals surface area contributed by atoms with E-state index in [9.17, 15) is 14.4 Å². The SMILES string of the molecule is COc1c(Cl)cc(C(=O)Oc2ccc3c(c2)OC(N)=C(C#N)C3c2ccc(F)cc2)cc1Cl. The molecule has 2 N–H and O–H groups in total. The van der Waals surface area contributed by atoms with E-state index in [0.717, 1.165) is 0 Å². The van der Waals surface area contributed by atoms with Crippen molar-refractivity contribution in [1.82, 2.24) is 0 Å². The highest BCUT2D eigenvalue weighted by molar-refractivity contribution is 6.37. The van der Waals surface area contributed by atoms with Crippen LogP contribution in [0.5, 0.6) is 17.2 Å². The van der Waals surface area contributed by atoms with Crippen LogP contribution < -0.4 is 19.9 Å². The maximum Gasteiger partial charge on any atom is 0.343 e. The molecule has 0 spiro atoms. The summed E-state index contributed by atoms with van der Waals surface area (Å²) in [7, 11) is 1.41. The van der Waals surface area contributed by atoms with Gasteiger partial charge in [0.25, 0.3) is 0 Å². The Morgan fingerprint density at radius 2 is 1.79 bits per heavy atom. The van der Waals surface area contributed by atoms with Crippen molar-refractivity contribution in [3.8, 4) is 23.3 Å². The monoisotopic (exact) mass is 484 g/mol. The zero-order chi connectivity index (χ0) is 23.7. The largest absolute Gasteiger partial charge is 0.494 e. The van der Waals surface area contributed by atoms with Gasteiger partial charge in [0.05, 0.1) is 28.6 Å². The fraction of sp³-hybridized carbons (Fsp3) is 0.0833. The first kappa shape index (κ1) is 22.5. The lowest BCUT2D eigenvalue weighted by molar-refractivity contribution is 0.0734. The van der Waals surface area contributed by atoms with E-state index in [1.165, 1.54) is 37.4 Å². The van der Waals surface area contributed by atoms with E-state index in [0.29, 0.717) is 16.9 Å². The minimum absolute atomic E-state index is 0.0866. The fourth-order valence-electron chi connectivity index (χ4n) is 3.54. The van der Waals surface area contributed by atoms with Gasteiger partial charge in [-0.15, -0.1) is 0 Å². The third kappa shape index (κ3) is 4.31. The average Bonchev–Trinajstić information content (AvgIpc) is 2.78. The number of allylic oxidation sites excluding steroid dienone is 1. The lowest BCUT2D eigenvalue weighted by Crippen LogP contribution is -2.21. The predicted octanol–water partition coefficient (Wildman–Crippen LogP) is 5.58. The molecule has 3 aromatic rings. The van der Waals surface area contributed by atoms with Crippen molar-refractivity contribution in [2.75, 3.05) is 7.11 Å². The molecule has 1 atom stereocenters. The summed E-state index contributed by atoms with van der Waals surface area (Å²) in [5.41, 5.74) is 7.57. The Labute approximate surface area is 198 Å². The first-order valence-corrected chi connectivity index (χ1v) is 10.3. The van der Waals surface area contributed by atoms with Crippen molar-refractivity contribution < 1.29 is 23.4 Å². The molecule has 1 aliphatic rings. The number of ether oxygens (including phenoxy) is 3. The molecule has 1 aliphatic heterocycles. The quantitative estimate of drug-likeness (QED) is 0.383. The van der Waals surface area contributed by atoms with Crippen LogP contribution in [0.1, 0.15) is 27.4 Å². The molecule has 4 rings (SSSR count). The zero-order valence-corrected chi connectivity index (χ0v) is 18.6. The third-order valence-electron chi connectivity index (χ3n) is 5.04. The molecule has 33 heavy (non-hydrogen) atoms. The van der Waals surface area contributed by atoms with Crippen LogP contribution in [0.2, 0.25) is 10.0 Å². The second-order valence-corrected chi connectivity index (χ2v) is 7.85. The Morgan fingerprint density at radius 1 is 1.12 bits per heavy atom. The molecule has 0 fully saturated rings. The zero-order valence-electron chi connectivity index (χ0n) is 17.1. The highest BCUT2D eigenvalue weighted by Gasteiger charge is 2.31. The van der Waals surface area contributed by atoms with Crippen molar-refractivity contribution >= 4 is 29.2 Å². The molecule has 1 unspecified atom stereocenters. The summed E-state index contributed by atoms with van der Waals surface area (Å²) < 4.78 is 29.6. The third-order valence-corrected chi connectivity index (χ3v) is 5.60. The summed E-state index contributed by atoms with van der Waals surface area (Å²) in [4.78, 5) is 12.6. The van der Waals surface area contributed by atoms with Crippen LogP contribution >= 0.6 is 23.2 Å². The van der Waals surface area contributed by atoms with E-state index < -0.39 is 17.7 Å². The molecule has 0 bridgehead atoms. The van der Waals surface area contributed by atoms with Gasteiger partial charge in [-0.2, -0.15) is 5.26 Å². The van der Waals surface area contributed by atoms with E-state index in [2.05, 4.69) is 6.07 Å². The van der Waals surface area contributed by atoms with Crippen molar-refractivity contribution in [2.24, 2.45) is 5.73 Å². The minimum Gasteiger partial charge on any atom is -0.494 e. The van der Waals surface area contributed by atoms with E-state index in [1.54, 1.807) is 24.3 Å². The Hall–Kier alpha value is -3.73. The van der Waals surface area contributed by atoms with Crippen LogP contribution in [0.15, 0.2) is 66.1 Å². The Balaban J connectivity index is 1.67. The molecule has 166 valence electrons. The Morgan fingerprint density at radius 3 is 2.39 bits per heavy atom. The molecule has 1 heterocycles. The first-order valence-electron chi connectivity index (χ1n) is 9.54. The van der Waals surface area contributed by atoms with Crippen molar-refractivity contribution in [2.45, 2.75) is 5.92 Å². The van der Waals surface area contributed by atoms with Crippen molar-refractivity contribution in [3.63, 3.8) is 0 Å². The van der Waals surface area contributed by atoms with E-state index in [1.807, 2.05) is 0 Å². The fourth-order valence-corrected chi connectivity index (χ4v) is 4.18. The summed E-state index contributed by atoms with van der Waals surface area (Å²) in [6, 6.07) is 15.3. The highest BCUT2D eigenvalue weighted by atomic mass is 35.5. The molecule has 0 saturated carbocycles. The van der Waals surface area contributed by atoms with Gasteiger partial charge >= 0.3 is 5.97 Å². The van der Waals surface area contributed by atoms with Crippen LogP contribution in [0.3, 0.4) is 0 Å². The topological polar surface area (TPSA) is 94.6 Å². The van der Waals surface area contributed by atoms with Gasteiger partial charge in [0.1, 0.15) is 29.0 Å². The number of fused-ring (bicyclic) bond motifs is 1. The lowest BCUT2D eigenvalue weighted by atomic mass is 9.83. The predicted molar refractivity (Wildman–Crippen MR) is 120 cm³/mol. The van der Waals surface area contributed by atoms with E-state index >= 15 is 0 Å². The van der Waals surface area contributed by atoms with Crippen molar-refractivity contribution in [1.29, 1.82) is 5.26 Å². The van der Waals surface area contributed by atoms with Crippen LogP contribution in [0, 0.1) is 17.1 Å². The summed E-state index contributed by atoms with van der Waals surface area (Å²) >= 11 is 12.2. The molecule has 3 aromatic carbocycles. The number of methoxy groups -OCH3 is 1. The number of carbonyl (C=O) groups excluding carboxylic acids is 1. The van der Waals surface area contributed by atoms with Crippen LogP contribution in [-0.4, -0.2) is 13.1 Å². The van der Waals surface area contributed by atoms with Crippen LogP contribution in [0.25, 0.3) is 0 Å². The number of benzene rings is 3. The Bertz CT molecular complexity index is 1310. The van der Waals surface area contributed by atoms with Crippen LogP contribution in [0.4, 0.5) is 4.39 Å². The molecular weight excluding hydrogens is 470 g/mol. The number of nitrogens with zero attached hydrogens (tertiary/aromatic N) is 1. The molecule has 6 nitrogen and oxygen atoms in total. The number of halogens is 3. The normalized spacial score (nSPS) is 14.7. The molecule has 0 saturated heterocycles. The molecule has 0 aromatic heterocycles. The van der Waals surface area contributed by atoms with Gasteiger partial charge in [-0.05, 0) is 35.9 Å². The van der Waals surface area contributed by atoms with Gasteiger partial charge in [0.15, 0.2) is 5.75 Å². The number of hydrogen-bond donors (Lipinski definition) is 1. The first-order chi connectivity index (χ1) is 15.8. The average molecular weight is 485 g/mol. The van der Waals surface area contributed by atoms with Crippen LogP contribution in [-0.2, 0) is 0 Å². The molecular formula is C24H15Cl2FN2O4. The number of carbonyl (C=O) groups is 1. The summed E-state index contributed by atoms with van der Waals surface area (Å²) in [5, 5.41) is 9.94. The maximum absolute atomic E-state index is 13.4. The summed E-state index contributed by atoms with van der Waals surface area (Å²) in [6.07, 6.45) is 0. The Kier molecular flexibility index (Phi) is 6.14. The number of nitrogens with two attached hydrogens (primary N) is 1. The van der Waals surface area contributed by atoms with Gasteiger partial charge in [0, 0.05) is 11.6 Å². The van der Waals surface area contributed by atoms with Gasteiger partial charge in [-0.3, -0.25) is 0 Å². The number of nitriles is 1. The highest BCUT2D eigenvalue weighted by Crippen LogP contribution is 2.43. The molecule has 0 radical (unpaired) electrons. The van der Waals surface area contributed by atoms with Crippen molar-refractivity contribution in [3.05, 3.63) is 98.6 Å². The second-order valence-electron chi connectivity index (χ2n) is 7.04. The van der Waals surface area contributed by atoms with E-state index in [-0.39, 0.29) is 38.6 Å². The lowest BCUT2D eigenvalue weighted by Gasteiger charge is -2.26. The van der Waals surface area contributed by atoms with E-state index in [4.69, 9.17) is 43.1 Å². The summed E-state index contributed by atoms with van der Waals surface area (Å²) in [5.74, 6) is -1.03. The number of hydrogen-bond acceptors (Lipinski definition) is 6. The van der Waals surface area contributed by atoms with Gasteiger partial charge < -0.3 is 19.9 Å². The maximum atomic E-state index is 13.4. The van der Waals surface area contributed by atoms with Gasteiger partial charge in [-0.1, -0.05) is 41.4 Å². The summed E-state index contributed by atoms with van der Waals surface area (Å²) in [6.45, 7) is 0. The number of esters is 1. The minimum atomic E-state index is -0.700. The molecule has 0 aliphatic carbocycles. The standard InChI is InChI=1S/C24H15Cl2FN2O4/c1-31-22-18(25)8-13(9-19(22)26)24(30)32-15-6-7-16-20(10-15)33-23(29)17(11-28)21(16)12-2-4-14(27)5-3-12/h2-10,21H,29H2,1H3. The molecule has 9 heteroatoms. The second kappa shape index (κ2) is 9.02. The number of rotatable bonds is 4.